The summed E-state index contributed by atoms with van der Waals surface area (Å²) >= 11 is 0. The average molecular weight is 356 g/mol. The number of aryl methyl sites for hydroxylation is 2. The van der Waals surface area contributed by atoms with Gasteiger partial charge in [-0.3, -0.25) is 14.2 Å². The lowest BCUT2D eigenvalue weighted by atomic mass is 10.1. The van der Waals surface area contributed by atoms with E-state index in [1.54, 1.807) is 28.9 Å². The minimum atomic E-state index is -0.855. The molecule has 1 aliphatic heterocycles. The van der Waals surface area contributed by atoms with Gasteiger partial charge < -0.3 is 14.4 Å². The zero-order valence-electron chi connectivity index (χ0n) is 14.7. The lowest BCUT2D eigenvalue weighted by Gasteiger charge is -2.27. The third kappa shape index (κ3) is 2.70. The van der Waals surface area contributed by atoms with Crippen LogP contribution in [0, 0.1) is 0 Å². The third-order valence-electron chi connectivity index (χ3n) is 4.69. The van der Waals surface area contributed by atoms with Gasteiger partial charge in [-0.05, 0) is 12.1 Å². The molecule has 1 aliphatic rings. The maximum absolute atomic E-state index is 12.7. The first-order chi connectivity index (χ1) is 12.6. The Kier molecular flexibility index (Phi) is 4.08. The largest absolute Gasteiger partial charge is 0.448 e. The number of hydrogen-bond acceptors (Lipinski definition) is 6. The molecule has 0 fully saturated rings. The fourth-order valence-electron chi connectivity index (χ4n) is 3.24. The minimum absolute atomic E-state index is 0.142. The number of amides is 1. The molecule has 4 rings (SSSR count). The number of aliphatic hydroxyl groups excluding tert-OH is 1. The second-order valence-electron chi connectivity index (χ2n) is 6.27. The standard InChI is InChI=1S/C17H20N6O3/c1-3-14-15(18-10-26-14)17(25)22-6-7-23-11(9-22)8-12(20-23)16(24)13-4-5-19-21(13)2/h4-5,8,10,16,24H,3,6-7,9H2,1-2H3/t16-/m1/s1. The highest BCUT2D eigenvalue weighted by molar-refractivity contribution is 5.93. The zero-order valence-corrected chi connectivity index (χ0v) is 14.7. The van der Waals surface area contributed by atoms with E-state index in [0.717, 1.165) is 5.69 Å². The van der Waals surface area contributed by atoms with Gasteiger partial charge in [0.15, 0.2) is 12.1 Å². The monoisotopic (exact) mass is 356 g/mol. The number of aromatic nitrogens is 5. The number of carbonyl (C=O) groups is 1. The fourth-order valence-corrected chi connectivity index (χ4v) is 3.24. The van der Waals surface area contributed by atoms with Gasteiger partial charge in [0.2, 0.25) is 0 Å². The van der Waals surface area contributed by atoms with E-state index < -0.39 is 6.10 Å². The van der Waals surface area contributed by atoms with Crippen LogP contribution in [-0.4, -0.2) is 47.0 Å². The van der Waals surface area contributed by atoms with Crippen molar-refractivity contribution in [3.63, 3.8) is 0 Å². The van der Waals surface area contributed by atoms with Crippen LogP contribution < -0.4 is 0 Å². The molecule has 0 bridgehead atoms. The first kappa shape index (κ1) is 16.5. The normalized spacial score (nSPS) is 15.1. The van der Waals surface area contributed by atoms with Crippen LogP contribution in [0.1, 0.15) is 46.4 Å². The molecule has 9 nitrogen and oxygen atoms in total. The molecule has 26 heavy (non-hydrogen) atoms. The molecule has 1 atom stereocenters. The SMILES string of the molecule is CCc1ocnc1C(=O)N1CCn2nc([C@@H](O)c3ccnn3C)cc2C1. The predicted molar refractivity (Wildman–Crippen MR) is 90.1 cm³/mol. The summed E-state index contributed by atoms with van der Waals surface area (Å²) in [5.41, 5.74) is 2.47. The Hall–Kier alpha value is -2.94. The number of nitrogens with zero attached hydrogens (tertiary/aromatic N) is 6. The molecule has 3 aromatic heterocycles. The van der Waals surface area contributed by atoms with Gasteiger partial charge >= 0.3 is 0 Å². The predicted octanol–water partition coefficient (Wildman–Crippen LogP) is 0.905. The molecule has 0 radical (unpaired) electrons. The van der Waals surface area contributed by atoms with Gasteiger partial charge in [0, 0.05) is 26.2 Å². The van der Waals surface area contributed by atoms with Gasteiger partial charge in [-0.25, -0.2) is 4.98 Å². The summed E-state index contributed by atoms with van der Waals surface area (Å²) in [7, 11) is 1.78. The quantitative estimate of drug-likeness (QED) is 0.745. The van der Waals surface area contributed by atoms with Gasteiger partial charge in [-0.15, -0.1) is 0 Å². The molecule has 0 saturated heterocycles. The Bertz CT molecular complexity index is 940. The van der Waals surface area contributed by atoms with Gasteiger partial charge in [-0.1, -0.05) is 6.92 Å². The van der Waals surface area contributed by atoms with Crippen molar-refractivity contribution in [1.82, 2.24) is 29.4 Å². The van der Waals surface area contributed by atoms with Crippen LogP contribution in [0.3, 0.4) is 0 Å². The number of aliphatic hydroxyl groups is 1. The van der Waals surface area contributed by atoms with Crippen molar-refractivity contribution in [1.29, 1.82) is 0 Å². The van der Waals surface area contributed by atoms with Gasteiger partial charge in [0.05, 0.1) is 30.2 Å². The molecule has 0 saturated carbocycles. The van der Waals surface area contributed by atoms with E-state index in [9.17, 15) is 9.90 Å². The van der Waals surface area contributed by atoms with Gasteiger partial charge in [0.25, 0.3) is 5.91 Å². The van der Waals surface area contributed by atoms with E-state index in [1.165, 1.54) is 6.39 Å². The minimum Gasteiger partial charge on any atom is -0.448 e. The summed E-state index contributed by atoms with van der Waals surface area (Å²) in [4.78, 5) is 18.5. The van der Waals surface area contributed by atoms with Crippen molar-refractivity contribution in [2.45, 2.75) is 32.5 Å². The first-order valence-corrected chi connectivity index (χ1v) is 8.52. The van der Waals surface area contributed by atoms with E-state index in [0.29, 0.717) is 48.9 Å². The van der Waals surface area contributed by atoms with Crippen LogP contribution in [0.4, 0.5) is 0 Å². The molecule has 9 heteroatoms. The van der Waals surface area contributed by atoms with E-state index >= 15 is 0 Å². The van der Waals surface area contributed by atoms with Crippen LogP contribution in [0.25, 0.3) is 0 Å². The summed E-state index contributed by atoms with van der Waals surface area (Å²) in [5, 5.41) is 19.1. The molecule has 0 aliphatic carbocycles. The van der Waals surface area contributed by atoms with Gasteiger partial charge in [0.1, 0.15) is 11.9 Å². The van der Waals surface area contributed by atoms with E-state index in [1.807, 2.05) is 17.7 Å². The van der Waals surface area contributed by atoms with Crippen LogP contribution >= 0.6 is 0 Å². The number of oxazole rings is 1. The fraction of sp³-hybridized carbons (Fsp3) is 0.412. The Morgan fingerprint density at radius 3 is 3.00 bits per heavy atom. The first-order valence-electron chi connectivity index (χ1n) is 8.52. The van der Waals surface area contributed by atoms with E-state index in [4.69, 9.17) is 4.42 Å². The topological polar surface area (TPSA) is 102 Å². The van der Waals surface area contributed by atoms with Crippen molar-refractivity contribution >= 4 is 5.91 Å². The highest BCUT2D eigenvalue weighted by Crippen LogP contribution is 2.24. The molecular formula is C17H20N6O3. The van der Waals surface area contributed by atoms with Gasteiger partial charge in [-0.2, -0.15) is 10.2 Å². The average Bonchev–Trinajstić information content (AvgIpc) is 3.38. The number of fused-ring (bicyclic) bond motifs is 1. The van der Waals surface area contributed by atoms with E-state index in [2.05, 4.69) is 15.2 Å². The second kappa shape index (κ2) is 6.41. The molecule has 3 aromatic rings. The molecule has 136 valence electrons. The van der Waals surface area contributed by atoms with E-state index in [-0.39, 0.29) is 5.91 Å². The molecule has 4 heterocycles. The Morgan fingerprint density at radius 2 is 2.27 bits per heavy atom. The summed E-state index contributed by atoms with van der Waals surface area (Å²) in [5.74, 6) is 0.457. The lowest BCUT2D eigenvalue weighted by molar-refractivity contribution is 0.0698. The van der Waals surface area contributed by atoms with Crippen LogP contribution in [0.15, 0.2) is 29.1 Å². The Morgan fingerprint density at radius 1 is 1.42 bits per heavy atom. The smallest absolute Gasteiger partial charge is 0.276 e. The molecule has 1 amide bonds. The third-order valence-corrected chi connectivity index (χ3v) is 4.69. The second-order valence-corrected chi connectivity index (χ2v) is 6.27. The van der Waals surface area contributed by atoms with Crippen LogP contribution in [-0.2, 0) is 26.6 Å². The maximum atomic E-state index is 12.7. The lowest BCUT2D eigenvalue weighted by Crippen LogP contribution is -2.38. The van der Waals surface area contributed by atoms with Crippen molar-refractivity contribution < 1.29 is 14.3 Å². The molecule has 1 N–H and O–H groups in total. The van der Waals surface area contributed by atoms with Crippen molar-refractivity contribution in [2.75, 3.05) is 6.54 Å². The summed E-state index contributed by atoms with van der Waals surface area (Å²) in [6, 6.07) is 3.59. The molecule has 0 spiro atoms. The maximum Gasteiger partial charge on any atom is 0.276 e. The summed E-state index contributed by atoms with van der Waals surface area (Å²) in [6.07, 6.45) is 2.71. The molecular weight excluding hydrogens is 336 g/mol. The number of hydrogen-bond donors (Lipinski definition) is 1. The Balaban J connectivity index is 1.55. The highest BCUT2D eigenvalue weighted by atomic mass is 16.3. The van der Waals surface area contributed by atoms with Crippen LogP contribution in [0.2, 0.25) is 0 Å². The Labute approximate surface area is 149 Å². The molecule has 0 aromatic carbocycles. The number of carbonyl (C=O) groups excluding carboxylic acids is 1. The zero-order chi connectivity index (χ0) is 18.3. The van der Waals surface area contributed by atoms with Crippen molar-refractivity contribution in [2.24, 2.45) is 7.05 Å². The van der Waals surface area contributed by atoms with Crippen LogP contribution in [0.5, 0.6) is 0 Å². The number of rotatable bonds is 4. The van der Waals surface area contributed by atoms with Crippen molar-refractivity contribution in [3.05, 3.63) is 53.3 Å². The molecule has 0 unspecified atom stereocenters. The summed E-state index contributed by atoms with van der Waals surface area (Å²) < 4.78 is 8.72. The van der Waals surface area contributed by atoms with Crippen molar-refractivity contribution in [3.8, 4) is 0 Å². The summed E-state index contributed by atoms with van der Waals surface area (Å²) in [6.45, 7) is 3.44. The highest BCUT2D eigenvalue weighted by Gasteiger charge is 2.28.